The molecule has 162 valence electrons. The van der Waals surface area contributed by atoms with Gasteiger partial charge in [-0.15, -0.1) is 0 Å². The summed E-state index contributed by atoms with van der Waals surface area (Å²) in [6.45, 7) is 0.502. The van der Waals surface area contributed by atoms with Crippen molar-refractivity contribution < 1.29 is 9.53 Å². The Morgan fingerprint density at radius 3 is 2.38 bits per heavy atom. The van der Waals surface area contributed by atoms with Crippen molar-refractivity contribution in [2.75, 3.05) is 13.7 Å². The van der Waals surface area contributed by atoms with E-state index in [1.54, 1.807) is 31.0 Å². The zero-order chi connectivity index (χ0) is 22.5. The number of carbonyl (C=O) groups is 1. The summed E-state index contributed by atoms with van der Waals surface area (Å²) in [5.74, 6) is 0.483. The van der Waals surface area contributed by atoms with Crippen LogP contribution < -0.4 is 15.6 Å². The van der Waals surface area contributed by atoms with Crippen LogP contribution in [0.25, 0.3) is 22.5 Å². The number of rotatable bonds is 7. The van der Waals surface area contributed by atoms with E-state index in [9.17, 15) is 9.59 Å². The van der Waals surface area contributed by atoms with E-state index in [4.69, 9.17) is 4.74 Å². The number of hydrogen-bond donors (Lipinski definition) is 1. The van der Waals surface area contributed by atoms with Crippen molar-refractivity contribution in [1.29, 1.82) is 0 Å². The molecule has 2 aromatic carbocycles. The van der Waals surface area contributed by atoms with Gasteiger partial charge in [0.25, 0.3) is 11.5 Å². The van der Waals surface area contributed by atoms with Crippen LogP contribution in [0.1, 0.15) is 10.5 Å². The molecule has 0 aliphatic rings. The molecule has 0 atom stereocenters. The quantitative estimate of drug-likeness (QED) is 0.488. The molecule has 4 aromatic rings. The van der Waals surface area contributed by atoms with Crippen molar-refractivity contribution in [2.45, 2.75) is 6.54 Å². The molecule has 1 amide bonds. The molecule has 0 radical (unpaired) electrons. The molecule has 2 heterocycles. The van der Waals surface area contributed by atoms with Crippen LogP contribution in [0, 0.1) is 0 Å². The predicted molar refractivity (Wildman–Crippen MR) is 121 cm³/mol. The van der Waals surface area contributed by atoms with Gasteiger partial charge in [-0.1, -0.05) is 30.3 Å². The van der Waals surface area contributed by atoms with Crippen molar-refractivity contribution in [2.24, 2.45) is 7.05 Å². The summed E-state index contributed by atoms with van der Waals surface area (Å²) in [5.41, 5.74) is 3.40. The highest BCUT2D eigenvalue weighted by atomic mass is 16.5. The molecule has 0 saturated heterocycles. The van der Waals surface area contributed by atoms with Crippen molar-refractivity contribution >= 4 is 5.91 Å². The lowest BCUT2D eigenvalue weighted by Gasteiger charge is -2.09. The van der Waals surface area contributed by atoms with Crippen LogP contribution in [0.3, 0.4) is 0 Å². The van der Waals surface area contributed by atoms with Crippen LogP contribution in [0.2, 0.25) is 0 Å². The summed E-state index contributed by atoms with van der Waals surface area (Å²) in [5, 5.41) is 11.7. The van der Waals surface area contributed by atoms with Gasteiger partial charge < -0.3 is 10.1 Å². The van der Waals surface area contributed by atoms with Gasteiger partial charge in [0.15, 0.2) is 0 Å². The average molecular weight is 429 g/mol. The summed E-state index contributed by atoms with van der Waals surface area (Å²) in [7, 11) is 3.33. The van der Waals surface area contributed by atoms with Crippen LogP contribution in [-0.4, -0.2) is 39.1 Å². The van der Waals surface area contributed by atoms with E-state index < -0.39 is 0 Å². The van der Waals surface area contributed by atoms with Gasteiger partial charge in [0.1, 0.15) is 11.4 Å². The van der Waals surface area contributed by atoms with Crippen LogP contribution >= 0.6 is 0 Å². The molecule has 4 rings (SSSR count). The molecule has 0 saturated carbocycles. The molecule has 0 aliphatic heterocycles. The average Bonchev–Trinajstić information content (AvgIpc) is 3.22. The number of nitrogens with one attached hydrogen (secondary N) is 1. The van der Waals surface area contributed by atoms with Gasteiger partial charge >= 0.3 is 0 Å². The first-order valence-corrected chi connectivity index (χ1v) is 10.2. The van der Waals surface area contributed by atoms with Crippen molar-refractivity contribution in [3.05, 3.63) is 88.8 Å². The summed E-state index contributed by atoms with van der Waals surface area (Å²) in [4.78, 5) is 24.9. The van der Waals surface area contributed by atoms with Gasteiger partial charge in [0.2, 0.25) is 0 Å². The number of methoxy groups -OCH3 is 1. The Labute approximate surface area is 185 Å². The summed E-state index contributed by atoms with van der Waals surface area (Å²) in [6.07, 6.45) is 0. The minimum absolute atomic E-state index is 0.233. The molecule has 2 aromatic heterocycles. The Balaban J connectivity index is 1.42. The number of ether oxygens (including phenoxy) is 1. The Kier molecular flexibility index (Phi) is 6.12. The fourth-order valence-electron chi connectivity index (χ4n) is 3.32. The van der Waals surface area contributed by atoms with Crippen molar-refractivity contribution in [3.63, 3.8) is 0 Å². The van der Waals surface area contributed by atoms with Crippen LogP contribution in [0.4, 0.5) is 0 Å². The molecule has 0 unspecified atom stereocenters. The normalized spacial score (nSPS) is 10.7. The summed E-state index contributed by atoms with van der Waals surface area (Å²) >= 11 is 0. The zero-order valence-corrected chi connectivity index (χ0v) is 17.9. The number of amides is 1. The van der Waals surface area contributed by atoms with Gasteiger partial charge in [0, 0.05) is 30.8 Å². The lowest BCUT2D eigenvalue weighted by Crippen LogP contribution is -2.32. The second-order valence-corrected chi connectivity index (χ2v) is 7.17. The molecule has 1 N–H and O–H groups in total. The zero-order valence-electron chi connectivity index (χ0n) is 17.9. The van der Waals surface area contributed by atoms with Gasteiger partial charge in [-0.3, -0.25) is 14.3 Å². The fourth-order valence-corrected chi connectivity index (χ4v) is 3.32. The first-order valence-electron chi connectivity index (χ1n) is 10.2. The standard InChI is InChI=1S/C24H23N5O3/c1-28-22(16-21(26-28)17-6-4-3-5-7-17)24(31)25-14-15-29-23(30)13-12-20(27-29)18-8-10-19(32-2)11-9-18/h3-13,16H,14-15H2,1-2H3,(H,25,31). The third-order valence-electron chi connectivity index (χ3n) is 5.04. The maximum Gasteiger partial charge on any atom is 0.269 e. The van der Waals surface area contributed by atoms with Crippen LogP contribution in [0.15, 0.2) is 77.6 Å². The van der Waals surface area contributed by atoms with Gasteiger partial charge in [0.05, 0.1) is 25.0 Å². The molecule has 0 spiro atoms. The number of nitrogens with zero attached hydrogens (tertiary/aromatic N) is 4. The molecule has 8 nitrogen and oxygen atoms in total. The number of carbonyl (C=O) groups excluding carboxylic acids is 1. The lowest BCUT2D eigenvalue weighted by molar-refractivity contribution is 0.0942. The molecule has 0 fully saturated rings. The van der Waals surface area contributed by atoms with E-state index in [2.05, 4.69) is 15.5 Å². The Morgan fingerprint density at radius 1 is 0.938 bits per heavy atom. The third kappa shape index (κ3) is 4.59. The van der Waals surface area contributed by atoms with Gasteiger partial charge in [-0.2, -0.15) is 10.2 Å². The first kappa shape index (κ1) is 21.0. The van der Waals surface area contributed by atoms with Crippen LogP contribution in [0.5, 0.6) is 5.75 Å². The van der Waals surface area contributed by atoms with Crippen LogP contribution in [-0.2, 0) is 13.6 Å². The first-order chi connectivity index (χ1) is 15.5. The fraction of sp³-hybridized carbons (Fsp3) is 0.167. The largest absolute Gasteiger partial charge is 0.497 e. The SMILES string of the molecule is COc1ccc(-c2ccc(=O)n(CCNC(=O)c3cc(-c4ccccc4)nn3C)n2)cc1. The van der Waals surface area contributed by atoms with E-state index in [0.717, 1.165) is 22.6 Å². The molecule has 8 heteroatoms. The Bertz CT molecular complexity index is 1280. The summed E-state index contributed by atoms with van der Waals surface area (Å²) in [6, 6.07) is 22.0. The smallest absolute Gasteiger partial charge is 0.269 e. The number of aryl methyl sites for hydroxylation is 1. The van der Waals surface area contributed by atoms with E-state index in [-0.39, 0.29) is 24.6 Å². The monoisotopic (exact) mass is 429 g/mol. The highest BCUT2D eigenvalue weighted by molar-refractivity contribution is 5.93. The van der Waals surface area contributed by atoms with E-state index in [1.165, 1.54) is 10.7 Å². The maximum atomic E-state index is 12.6. The Hall–Kier alpha value is -4.20. The highest BCUT2D eigenvalue weighted by Gasteiger charge is 2.14. The van der Waals surface area contributed by atoms with Gasteiger partial charge in [-0.05, 0) is 36.4 Å². The topological polar surface area (TPSA) is 91.0 Å². The molecular formula is C24H23N5O3. The third-order valence-corrected chi connectivity index (χ3v) is 5.04. The maximum absolute atomic E-state index is 12.6. The Morgan fingerprint density at radius 2 is 1.66 bits per heavy atom. The van der Waals surface area contributed by atoms with E-state index >= 15 is 0 Å². The van der Waals surface area contributed by atoms with Crippen molar-refractivity contribution in [1.82, 2.24) is 24.9 Å². The predicted octanol–water partition coefficient (Wildman–Crippen LogP) is 2.75. The van der Waals surface area contributed by atoms with Gasteiger partial charge in [-0.25, -0.2) is 4.68 Å². The number of hydrogen-bond acceptors (Lipinski definition) is 5. The molecule has 32 heavy (non-hydrogen) atoms. The van der Waals surface area contributed by atoms with E-state index in [1.807, 2.05) is 54.6 Å². The minimum atomic E-state index is -0.262. The molecule has 0 bridgehead atoms. The second-order valence-electron chi connectivity index (χ2n) is 7.17. The lowest BCUT2D eigenvalue weighted by atomic mass is 10.1. The second kappa shape index (κ2) is 9.30. The minimum Gasteiger partial charge on any atom is -0.497 e. The molecular weight excluding hydrogens is 406 g/mol. The molecule has 0 aliphatic carbocycles. The van der Waals surface area contributed by atoms with Crippen molar-refractivity contribution in [3.8, 4) is 28.3 Å². The highest BCUT2D eigenvalue weighted by Crippen LogP contribution is 2.20. The number of aromatic nitrogens is 4. The number of benzene rings is 2. The summed E-state index contributed by atoms with van der Waals surface area (Å²) < 4.78 is 8.07. The van der Waals surface area contributed by atoms with E-state index in [0.29, 0.717) is 11.4 Å².